The maximum Gasteiger partial charge on any atom is 0.266 e. The van der Waals surface area contributed by atoms with Crippen LogP contribution in [0.25, 0.3) is 11.5 Å². The second kappa shape index (κ2) is 7.58. The smallest absolute Gasteiger partial charge is 0.266 e. The van der Waals surface area contributed by atoms with E-state index in [1.807, 2.05) is 45.9 Å². The lowest BCUT2D eigenvalue weighted by Gasteiger charge is -2.12. The molecule has 9 heteroatoms. The molecule has 0 spiro atoms. The molecule has 0 saturated carbocycles. The monoisotopic (exact) mass is 405 g/mol. The molecule has 2 N–H and O–H groups in total. The number of aromatic nitrogens is 6. The number of pyridine rings is 1. The van der Waals surface area contributed by atoms with Crippen molar-refractivity contribution < 1.29 is 4.79 Å². The molecule has 1 amide bonds. The van der Waals surface area contributed by atoms with Gasteiger partial charge in [-0.05, 0) is 45.4 Å². The van der Waals surface area contributed by atoms with Gasteiger partial charge in [0.15, 0.2) is 11.5 Å². The fourth-order valence-corrected chi connectivity index (χ4v) is 3.54. The van der Waals surface area contributed by atoms with Crippen molar-refractivity contribution in [2.45, 2.75) is 40.7 Å². The van der Waals surface area contributed by atoms with Crippen LogP contribution >= 0.6 is 0 Å². The van der Waals surface area contributed by atoms with E-state index in [0.717, 1.165) is 39.7 Å². The molecule has 30 heavy (non-hydrogen) atoms. The molecule has 0 saturated heterocycles. The number of amides is 1. The summed E-state index contributed by atoms with van der Waals surface area (Å²) < 4.78 is 3.40. The summed E-state index contributed by atoms with van der Waals surface area (Å²) in [5.74, 6) is 0.612. The molecule has 0 fully saturated rings. The van der Waals surface area contributed by atoms with Gasteiger partial charge in [-0.15, -0.1) is 0 Å². The Balaban J connectivity index is 1.43. The molecule has 154 valence electrons. The quantitative estimate of drug-likeness (QED) is 0.525. The fourth-order valence-electron chi connectivity index (χ4n) is 3.54. The lowest BCUT2D eigenvalue weighted by Crippen LogP contribution is -2.26. The molecule has 9 nitrogen and oxygen atoms in total. The molecule has 0 aliphatic rings. The molecule has 0 aliphatic heterocycles. The van der Waals surface area contributed by atoms with Gasteiger partial charge in [-0.1, -0.05) is 6.07 Å². The number of nitrogens with one attached hydrogen (secondary N) is 2. The molecule has 0 unspecified atom stereocenters. The Labute approximate surface area is 172 Å². The molecular weight excluding hydrogens is 382 g/mol. The number of nitrogens with zero attached hydrogens (tertiary/aromatic N) is 5. The van der Waals surface area contributed by atoms with Gasteiger partial charge in [-0.25, -0.2) is 19.2 Å². The largest absolute Gasteiger partial charge is 0.352 e. The minimum Gasteiger partial charge on any atom is -0.352 e. The summed E-state index contributed by atoms with van der Waals surface area (Å²) >= 11 is 0. The van der Waals surface area contributed by atoms with E-state index in [0.29, 0.717) is 12.2 Å². The molecule has 0 radical (unpaired) electrons. The highest BCUT2D eigenvalue weighted by Crippen LogP contribution is 2.14. The Morgan fingerprint density at radius 1 is 1.17 bits per heavy atom. The van der Waals surface area contributed by atoms with E-state index in [4.69, 9.17) is 0 Å². The third kappa shape index (κ3) is 3.73. The lowest BCUT2D eigenvalue weighted by molar-refractivity contribution is -0.120. The molecule has 4 aromatic heterocycles. The minimum absolute atomic E-state index is 0.125. The Morgan fingerprint density at radius 2 is 1.97 bits per heavy atom. The van der Waals surface area contributed by atoms with E-state index in [-0.39, 0.29) is 17.9 Å². The standard InChI is InChI=1S/C21H23N7O2/c1-12-7-13(2)27(25-12)18-6-5-16(10-22-18)11-23-20(29)8-17-14(3)24-19-9-21(30)26-28(19)15(17)4/h5-7,9-10H,8,11H2,1-4H3,(H,23,29)(H,26,30). The zero-order chi connectivity index (χ0) is 21.4. The summed E-state index contributed by atoms with van der Waals surface area (Å²) in [5, 5.41) is 10.0. The average Bonchev–Trinajstić information content (AvgIpc) is 3.24. The zero-order valence-electron chi connectivity index (χ0n) is 17.4. The van der Waals surface area contributed by atoms with Gasteiger partial charge in [-0.2, -0.15) is 5.10 Å². The van der Waals surface area contributed by atoms with E-state index in [9.17, 15) is 9.59 Å². The summed E-state index contributed by atoms with van der Waals surface area (Å²) in [6.07, 6.45) is 1.92. The van der Waals surface area contributed by atoms with Crippen LogP contribution in [-0.2, 0) is 17.8 Å². The minimum atomic E-state index is -0.219. The van der Waals surface area contributed by atoms with Crippen LogP contribution in [0.3, 0.4) is 0 Å². The van der Waals surface area contributed by atoms with E-state index in [2.05, 4.69) is 25.5 Å². The molecule has 4 aromatic rings. The second-order valence-electron chi connectivity index (χ2n) is 7.39. The number of carbonyl (C=O) groups excluding carboxylic acids is 1. The summed E-state index contributed by atoms with van der Waals surface area (Å²) in [7, 11) is 0. The number of aromatic amines is 1. The Hall–Kier alpha value is -3.75. The SMILES string of the molecule is Cc1cc(C)n(-c2ccc(CNC(=O)Cc3c(C)nc4cc(=O)[nH]n4c3C)cn2)n1. The number of hydrogen-bond donors (Lipinski definition) is 2. The van der Waals surface area contributed by atoms with E-state index in [1.165, 1.54) is 6.07 Å². The number of carbonyl (C=O) groups is 1. The summed E-state index contributed by atoms with van der Waals surface area (Å²) in [6, 6.07) is 7.24. The van der Waals surface area contributed by atoms with Crippen LogP contribution in [0, 0.1) is 27.7 Å². The number of hydrogen-bond acceptors (Lipinski definition) is 5. The van der Waals surface area contributed by atoms with Crippen molar-refractivity contribution in [1.29, 1.82) is 0 Å². The van der Waals surface area contributed by atoms with Crippen LogP contribution in [0.15, 0.2) is 35.3 Å². The molecule has 0 aliphatic carbocycles. The van der Waals surface area contributed by atoms with Crippen LogP contribution in [0.2, 0.25) is 0 Å². The Bertz CT molecular complexity index is 1300. The van der Waals surface area contributed by atoms with Gasteiger partial charge in [0.2, 0.25) is 5.91 Å². The Morgan fingerprint density at radius 3 is 2.63 bits per heavy atom. The van der Waals surface area contributed by atoms with E-state index >= 15 is 0 Å². The van der Waals surface area contributed by atoms with E-state index < -0.39 is 0 Å². The lowest BCUT2D eigenvalue weighted by atomic mass is 10.1. The normalized spacial score (nSPS) is 11.2. The summed E-state index contributed by atoms with van der Waals surface area (Å²) in [5.41, 5.74) is 5.50. The number of rotatable bonds is 5. The first-order valence-electron chi connectivity index (χ1n) is 9.65. The van der Waals surface area contributed by atoms with Crippen molar-refractivity contribution in [3.63, 3.8) is 0 Å². The van der Waals surface area contributed by atoms with Crippen molar-refractivity contribution in [2.75, 3.05) is 0 Å². The maximum atomic E-state index is 12.5. The van der Waals surface area contributed by atoms with Gasteiger partial charge in [0.25, 0.3) is 5.56 Å². The molecular formula is C21H23N7O2. The average molecular weight is 405 g/mol. The van der Waals surface area contributed by atoms with Gasteiger partial charge < -0.3 is 5.32 Å². The molecule has 4 heterocycles. The van der Waals surface area contributed by atoms with Crippen LogP contribution in [0.4, 0.5) is 0 Å². The van der Waals surface area contributed by atoms with Crippen molar-refractivity contribution in [3.8, 4) is 5.82 Å². The first kappa shape index (κ1) is 19.6. The molecule has 0 atom stereocenters. The van der Waals surface area contributed by atoms with Crippen LogP contribution in [0.5, 0.6) is 0 Å². The van der Waals surface area contributed by atoms with Gasteiger partial charge in [0.05, 0.1) is 12.1 Å². The highest BCUT2D eigenvalue weighted by molar-refractivity contribution is 5.79. The van der Waals surface area contributed by atoms with Gasteiger partial charge in [0, 0.05) is 41.5 Å². The fraction of sp³-hybridized carbons (Fsp3) is 0.286. The molecule has 0 bridgehead atoms. The zero-order valence-corrected chi connectivity index (χ0v) is 17.4. The number of aryl methyl sites for hydroxylation is 4. The van der Waals surface area contributed by atoms with Crippen molar-refractivity contribution in [1.82, 2.24) is 34.7 Å². The highest BCUT2D eigenvalue weighted by Gasteiger charge is 2.14. The molecule has 0 aromatic carbocycles. The second-order valence-corrected chi connectivity index (χ2v) is 7.39. The van der Waals surface area contributed by atoms with Crippen LogP contribution in [-0.4, -0.2) is 35.3 Å². The number of fused-ring (bicyclic) bond motifs is 1. The van der Waals surface area contributed by atoms with Crippen LogP contribution in [0.1, 0.15) is 33.9 Å². The van der Waals surface area contributed by atoms with Crippen molar-refractivity contribution >= 4 is 11.6 Å². The topological polar surface area (TPSA) is 110 Å². The first-order chi connectivity index (χ1) is 14.3. The van der Waals surface area contributed by atoms with Gasteiger partial charge in [-0.3, -0.25) is 14.7 Å². The van der Waals surface area contributed by atoms with Gasteiger partial charge >= 0.3 is 0 Å². The molecule has 4 rings (SSSR count). The van der Waals surface area contributed by atoms with Crippen molar-refractivity contribution in [2.24, 2.45) is 0 Å². The maximum absolute atomic E-state index is 12.5. The third-order valence-electron chi connectivity index (χ3n) is 5.07. The summed E-state index contributed by atoms with van der Waals surface area (Å²) in [4.78, 5) is 32.9. The van der Waals surface area contributed by atoms with Crippen molar-refractivity contribution in [3.05, 3.63) is 74.7 Å². The summed E-state index contributed by atoms with van der Waals surface area (Å²) in [6.45, 7) is 8.00. The highest BCUT2D eigenvalue weighted by atomic mass is 16.1. The van der Waals surface area contributed by atoms with Gasteiger partial charge in [0.1, 0.15) is 0 Å². The third-order valence-corrected chi connectivity index (χ3v) is 5.07. The predicted molar refractivity (Wildman–Crippen MR) is 112 cm³/mol. The van der Waals surface area contributed by atoms with Crippen LogP contribution < -0.4 is 10.9 Å². The first-order valence-corrected chi connectivity index (χ1v) is 9.65. The number of H-pyrrole nitrogens is 1. The Kier molecular flexibility index (Phi) is 4.94. The van der Waals surface area contributed by atoms with E-state index in [1.54, 1.807) is 15.4 Å². The predicted octanol–water partition coefficient (Wildman–Crippen LogP) is 1.70.